The molecular weight excluding hydrogens is 605 g/mol. The van der Waals surface area contributed by atoms with E-state index < -0.39 is 10.0 Å². The highest BCUT2D eigenvalue weighted by molar-refractivity contribution is 7.92. The molecule has 0 radical (unpaired) electrons. The van der Waals surface area contributed by atoms with Crippen molar-refractivity contribution in [3.8, 4) is 28.1 Å². The number of esters is 1. The van der Waals surface area contributed by atoms with E-state index in [0.717, 1.165) is 34.2 Å². The molecule has 5 aromatic rings. The van der Waals surface area contributed by atoms with E-state index in [0.29, 0.717) is 39.4 Å². The number of hydrogen-bond acceptors (Lipinski definition) is 5. The molecule has 0 spiro atoms. The Hall–Kier alpha value is -4.37. The van der Waals surface area contributed by atoms with Gasteiger partial charge in [-0.3, -0.25) is 9.29 Å². The number of hydrogen-bond donors (Lipinski definition) is 1. The average molecular weight is 633 g/mol. The van der Waals surface area contributed by atoms with Gasteiger partial charge in [0.25, 0.3) is 0 Å². The molecule has 0 fully saturated rings. The summed E-state index contributed by atoms with van der Waals surface area (Å²) >= 11 is 12.6. The third-order valence-corrected chi connectivity index (χ3v) is 7.59. The Morgan fingerprint density at radius 1 is 0.930 bits per heavy atom. The van der Waals surface area contributed by atoms with Crippen LogP contribution in [0.1, 0.15) is 28.7 Å². The molecule has 0 aliphatic carbocycles. The number of sulfonamides is 1. The first-order chi connectivity index (χ1) is 20.6. The van der Waals surface area contributed by atoms with Crippen LogP contribution < -0.4 is 4.72 Å². The number of nitrogens with zero attached hydrogens (tertiary/aromatic N) is 2. The zero-order valence-electron chi connectivity index (χ0n) is 23.3. The van der Waals surface area contributed by atoms with Gasteiger partial charge >= 0.3 is 5.97 Å². The summed E-state index contributed by atoms with van der Waals surface area (Å²) in [5.41, 5.74) is 5.92. The molecule has 1 aromatic heterocycles. The van der Waals surface area contributed by atoms with Crippen LogP contribution in [0.25, 0.3) is 40.2 Å². The maximum Gasteiger partial charge on any atom is 0.338 e. The average Bonchev–Trinajstić information content (AvgIpc) is 3.39. The molecule has 5 rings (SSSR count). The number of benzene rings is 4. The van der Waals surface area contributed by atoms with Crippen LogP contribution in [0.4, 0.5) is 5.69 Å². The number of carbonyl (C=O) groups excluding carboxylic acids is 1. The van der Waals surface area contributed by atoms with E-state index >= 15 is 0 Å². The molecule has 4 aromatic carbocycles. The van der Waals surface area contributed by atoms with Crippen molar-refractivity contribution in [2.45, 2.75) is 6.92 Å². The molecule has 218 valence electrons. The fraction of sp³-hybridized carbons (Fsp3) is 0.0909. The van der Waals surface area contributed by atoms with Gasteiger partial charge in [0.05, 0.1) is 29.1 Å². The summed E-state index contributed by atoms with van der Waals surface area (Å²) in [6.45, 7) is 2.07. The van der Waals surface area contributed by atoms with Crippen LogP contribution in [0, 0.1) is 0 Å². The molecule has 10 heteroatoms. The van der Waals surface area contributed by atoms with Crippen molar-refractivity contribution >= 4 is 57.0 Å². The zero-order valence-corrected chi connectivity index (χ0v) is 25.6. The van der Waals surface area contributed by atoms with Crippen LogP contribution in [0.3, 0.4) is 0 Å². The zero-order chi connectivity index (χ0) is 30.6. The topological polar surface area (TPSA) is 90.3 Å². The van der Waals surface area contributed by atoms with Crippen molar-refractivity contribution in [2.75, 3.05) is 17.6 Å². The van der Waals surface area contributed by atoms with Gasteiger partial charge in [-0.1, -0.05) is 65.7 Å². The lowest BCUT2D eigenvalue weighted by Gasteiger charge is -2.08. The fourth-order valence-electron chi connectivity index (χ4n) is 4.45. The lowest BCUT2D eigenvalue weighted by molar-refractivity contribution is 0.0526. The highest BCUT2D eigenvalue weighted by atomic mass is 35.5. The summed E-state index contributed by atoms with van der Waals surface area (Å²) < 4.78 is 32.8. The summed E-state index contributed by atoms with van der Waals surface area (Å²) in [5, 5.41) is 1.02. The van der Waals surface area contributed by atoms with E-state index in [1.54, 1.807) is 49.4 Å². The van der Waals surface area contributed by atoms with Gasteiger partial charge in [-0.25, -0.2) is 18.2 Å². The van der Waals surface area contributed by atoms with Gasteiger partial charge in [0.15, 0.2) is 0 Å². The van der Waals surface area contributed by atoms with Crippen molar-refractivity contribution in [2.24, 2.45) is 0 Å². The lowest BCUT2D eigenvalue weighted by Crippen LogP contribution is -2.09. The summed E-state index contributed by atoms with van der Waals surface area (Å²) in [7, 11) is -3.37. The van der Waals surface area contributed by atoms with E-state index in [1.165, 1.54) is 0 Å². The van der Waals surface area contributed by atoms with Crippen LogP contribution in [0.15, 0.2) is 97.2 Å². The molecule has 0 unspecified atom stereocenters. The van der Waals surface area contributed by atoms with Crippen LogP contribution in [-0.4, -0.2) is 36.8 Å². The molecule has 1 N–H and O–H groups in total. The van der Waals surface area contributed by atoms with Crippen LogP contribution in [-0.2, 0) is 14.8 Å². The molecule has 0 saturated carbocycles. The first kappa shape index (κ1) is 30.1. The normalized spacial score (nSPS) is 11.5. The highest BCUT2D eigenvalue weighted by Gasteiger charge is 2.14. The number of anilines is 1. The second-order valence-corrected chi connectivity index (χ2v) is 12.2. The third kappa shape index (κ3) is 7.53. The Kier molecular flexibility index (Phi) is 9.01. The SMILES string of the molecule is CCOC(=O)c1ccc(-n2cc(-c3ccc(Cl)cc3Cl)nc2/C=C/c2ccc(-c3cccc(NS(C)(=O)=O)c3)cc2)cc1. The van der Waals surface area contributed by atoms with E-state index in [9.17, 15) is 13.2 Å². The smallest absolute Gasteiger partial charge is 0.338 e. The number of ether oxygens (including phenoxy) is 1. The first-order valence-electron chi connectivity index (χ1n) is 13.3. The van der Waals surface area contributed by atoms with Crippen LogP contribution in [0.2, 0.25) is 10.0 Å². The quantitative estimate of drug-likeness (QED) is 0.165. The number of rotatable bonds is 9. The van der Waals surface area contributed by atoms with E-state index in [2.05, 4.69) is 4.72 Å². The van der Waals surface area contributed by atoms with Crippen molar-refractivity contribution in [3.05, 3.63) is 124 Å². The Morgan fingerprint density at radius 2 is 1.67 bits per heavy atom. The Labute approximate surface area is 260 Å². The fourth-order valence-corrected chi connectivity index (χ4v) is 5.51. The minimum Gasteiger partial charge on any atom is -0.462 e. The molecule has 0 aliphatic rings. The first-order valence-corrected chi connectivity index (χ1v) is 15.9. The van der Waals surface area contributed by atoms with E-state index in [1.807, 2.05) is 71.4 Å². The third-order valence-electron chi connectivity index (χ3n) is 6.43. The second kappa shape index (κ2) is 12.9. The van der Waals surface area contributed by atoms with E-state index in [-0.39, 0.29) is 5.97 Å². The van der Waals surface area contributed by atoms with Crippen molar-refractivity contribution in [3.63, 3.8) is 0 Å². The number of halogens is 2. The maximum atomic E-state index is 12.2. The summed E-state index contributed by atoms with van der Waals surface area (Å²) in [4.78, 5) is 17.0. The molecule has 0 atom stereocenters. The summed E-state index contributed by atoms with van der Waals surface area (Å²) in [6, 6.07) is 27.5. The van der Waals surface area contributed by atoms with Gasteiger partial charge < -0.3 is 4.74 Å². The molecule has 0 amide bonds. The largest absolute Gasteiger partial charge is 0.462 e. The Bertz CT molecular complexity index is 1920. The van der Waals surface area contributed by atoms with Crippen molar-refractivity contribution in [1.29, 1.82) is 0 Å². The van der Waals surface area contributed by atoms with Gasteiger partial charge in [0, 0.05) is 28.2 Å². The standard InChI is InChI=1S/C33H27Cl2N3O4S/c1-3-42-33(39)24-12-15-28(16-13-24)38-21-31(29-17-14-26(34)20-30(29)35)36-32(38)18-9-22-7-10-23(11-8-22)25-5-4-6-27(19-25)37-43(2,40)41/h4-21,37H,3H2,1-2H3/b18-9+. The predicted octanol–water partition coefficient (Wildman–Crippen LogP) is 8.23. The predicted molar refractivity (Wildman–Crippen MR) is 174 cm³/mol. The molecule has 0 saturated heterocycles. The van der Waals surface area contributed by atoms with Crippen LogP contribution in [0.5, 0.6) is 0 Å². The summed E-state index contributed by atoms with van der Waals surface area (Å²) in [6.07, 6.45) is 6.86. The van der Waals surface area contributed by atoms with Crippen molar-refractivity contribution < 1.29 is 17.9 Å². The molecule has 7 nitrogen and oxygen atoms in total. The Morgan fingerprint density at radius 3 is 2.35 bits per heavy atom. The van der Waals surface area contributed by atoms with Crippen LogP contribution >= 0.6 is 23.2 Å². The van der Waals surface area contributed by atoms with Crippen molar-refractivity contribution in [1.82, 2.24) is 9.55 Å². The molecule has 0 aliphatic heterocycles. The molecule has 1 heterocycles. The lowest BCUT2D eigenvalue weighted by atomic mass is 10.0. The molecule has 43 heavy (non-hydrogen) atoms. The number of aromatic nitrogens is 2. The number of carbonyl (C=O) groups is 1. The van der Waals surface area contributed by atoms with Gasteiger partial charge in [0.1, 0.15) is 5.82 Å². The maximum absolute atomic E-state index is 12.2. The monoisotopic (exact) mass is 631 g/mol. The minimum absolute atomic E-state index is 0.302. The minimum atomic E-state index is -3.37. The van der Waals surface area contributed by atoms with Gasteiger partial charge in [-0.05, 0) is 84.3 Å². The summed E-state index contributed by atoms with van der Waals surface area (Å²) in [5.74, 6) is 0.267. The number of imidazole rings is 1. The molecule has 0 bridgehead atoms. The molecular formula is C33H27Cl2N3O4S. The van der Waals surface area contributed by atoms with Gasteiger partial charge in [0.2, 0.25) is 10.0 Å². The van der Waals surface area contributed by atoms with Gasteiger partial charge in [-0.15, -0.1) is 0 Å². The van der Waals surface area contributed by atoms with E-state index in [4.69, 9.17) is 32.9 Å². The second-order valence-electron chi connectivity index (χ2n) is 9.66. The Balaban J connectivity index is 1.46. The number of nitrogens with one attached hydrogen (secondary N) is 1. The van der Waals surface area contributed by atoms with Gasteiger partial charge in [-0.2, -0.15) is 0 Å². The highest BCUT2D eigenvalue weighted by Crippen LogP contribution is 2.31.